The first-order valence-corrected chi connectivity index (χ1v) is 10.9. The third-order valence-electron chi connectivity index (χ3n) is 5.23. The first-order chi connectivity index (χ1) is 16.9. The lowest BCUT2D eigenvalue weighted by atomic mass is 10.2. The number of carbonyl (C=O) groups is 1. The Morgan fingerprint density at radius 2 is 1.80 bits per heavy atom. The molecule has 4 aromatic rings. The number of carbonyl (C=O) groups excluding carboxylic acids is 1. The van der Waals surface area contributed by atoms with E-state index in [-0.39, 0.29) is 13.1 Å². The highest BCUT2D eigenvalue weighted by atomic mass is 35.5. The van der Waals surface area contributed by atoms with E-state index in [2.05, 4.69) is 10.4 Å². The van der Waals surface area contributed by atoms with Crippen LogP contribution < -0.4 is 21.3 Å². The molecule has 0 fully saturated rings. The number of aromatic nitrogens is 3. The van der Waals surface area contributed by atoms with Crippen molar-refractivity contribution < 1.29 is 13.9 Å². The van der Waals surface area contributed by atoms with Crippen LogP contribution in [-0.4, -0.2) is 27.4 Å². The number of nitrogens with zero attached hydrogens (tertiary/aromatic N) is 3. The van der Waals surface area contributed by atoms with E-state index in [0.717, 1.165) is 9.25 Å². The van der Waals surface area contributed by atoms with Gasteiger partial charge >= 0.3 is 5.69 Å². The lowest BCUT2D eigenvalue weighted by Gasteiger charge is -2.13. The van der Waals surface area contributed by atoms with Gasteiger partial charge in [-0.1, -0.05) is 48.0 Å². The van der Waals surface area contributed by atoms with Crippen LogP contribution in [0.5, 0.6) is 5.75 Å². The first-order valence-electron chi connectivity index (χ1n) is 10.5. The fourth-order valence-electron chi connectivity index (χ4n) is 3.37. The van der Waals surface area contributed by atoms with Crippen molar-refractivity contribution in [2.75, 3.05) is 7.11 Å². The van der Waals surface area contributed by atoms with E-state index in [9.17, 15) is 18.8 Å². The zero-order valence-corrected chi connectivity index (χ0v) is 19.3. The van der Waals surface area contributed by atoms with Crippen molar-refractivity contribution in [3.8, 4) is 11.4 Å². The summed E-state index contributed by atoms with van der Waals surface area (Å²) in [7, 11) is 1.47. The topological polar surface area (TPSA) is 95.2 Å². The van der Waals surface area contributed by atoms with Crippen molar-refractivity contribution in [2.45, 2.75) is 13.1 Å². The Balaban J connectivity index is 1.79. The summed E-state index contributed by atoms with van der Waals surface area (Å²) in [6.45, 7) is -0.134. The normalized spacial score (nSPS) is 10.7. The fraction of sp³-hybridized carbons (Fsp3) is 0.120. The van der Waals surface area contributed by atoms with E-state index in [1.54, 1.807) is 48.5 Å². The van der Waals surface area contributed by atoms with Crippen molar-refractivity contribution in [3.63, 3.8) is 0 Å². The summed E-state index contributed by atoms with van der Waals surface area (Å²) in [6.07, 6.45) is 0. The predicted molar refractivity (Wildman–Crippen MR) is 129 cm³/mol. The number of halogens is 2. The molecule has 35 heavy (non-hydrogen) atoms. The van der Waals surface area contributed by atoms with Crippen molar-refractivity contribution in [1.29, 1.82) is 0 Å². The van der Waals surface area contributed by atoms with Gasteiger partial charge in [0, 0.05) is 17.6 Å². The third kappa shape index (κ3) is 5.30. The van der Waals surface area contributed by atoms with Gasteiger partial charge in [0.2, 0.25) is 5.69 Å². The molecule has 4 rings (SSSR count). The number of hydrogen-bond acceptors (Lipinski definition) is 5. The van der Waals surface area contributed by atoms with E-state index >= 15 is 0 Å². The second-order valence-electron chi connectivity index (χ2n) is 7.54. The van der Waals surface area contributed by atoms with E-state index in [0.29, 0.717) is 27.6 Å². The molecule has 1 amide bonds. The minimum atomic E-state index is -0.870. The second-order valence-corrected chi connectivity index (χ2v) is 7.94. The minimum Gasteiger partial charge on any atom is -0.497 e. The Labute approximate surface area is 204 Å². The average Bonchev–Trinajstić information content (AvgIpc) is 2.87. The molecule has 1 aromatic heterocycles. The maximum Gasteiger partial charge on any atom is 0.352 e. The van der Waals surface area contributed by atoms with Crippen LogP contribution in [0.4, 0.5) is 4.39 Å². The van der Waals surface area contributed by atoms with Crippen LogP contribution in [0.15, 0.2) is 82.4 Å². The molecule has 0 atom stereocenters. The summed E-state index contributed by atoms with van der Waals surface area (Å²) < 4.78 is 20.2. The SMILES string of the molecule is COc1cccc(-n2nc(C(=O)NCc3ccc(F)cc3)c(=O)n(Cc3ccccc3Cl)c2=O)c1. The van der Waals surface area contributed by atoms with Gasteiger partial charge in [0.1, 0.15) is 11.6 Å². The van der Waals surface area contributed by atoms with Gasteiger partial charge in [0.05, 0.1) is 19.3 Å². The quantitative estimate of drug-likeness (QED) is 0.426. The highest BCUT2D eigenvalue weighted by Crippen LogP contribution is 2.16. The smallest absolute Gasteiger partial charge is 0.352 e. The molecule has 0 aliphatic carbocycles. The number of hydrogen-bond donors (Lipinski definition) is 1. The summed E-state index contributed by atoms with van der Waals surface area (Å²) in [5, 5.41) is 7.04. The molecule has 0 aliphatic rings. The highest BCUT2D eigenvalue weighted by molar-refractivity contribution is 6.31. The van der Waals surface area contributed by atoms with Crippen molar-refractivity contribution >= 4 is 17.5 Å². The van der Waals surface area contributed by atoms with Crippen LogP contribution in [0.2, 0.25) is 5.02 Å². The van der Waals surface area contributed by atoms with E-state index in [4.69, 9.17) is 16.3 Å². The molecule has 0 spiro atoms. The lowest BCUT2D eigenvalue weighted by molar-refractivity contribution is 0.0941. The van der Waals surface area contributed by atoms with Gasteiger partial charge < -0.3 is 10.1 Å². The molecule has 0 saturated carbocycles. The third-order valence-corrected chi connectivity index (χ3v) is 5.59. The van der Waals surface area contributed by atoms with Gasteiger partial charge in [0.15, 0.2) is 0 Å². The summed E-state index contributed by atoms with van der Waals surface area (Å²) >= 11 is 6.24. The summed E-state index contributed by atoms with van der Waals surface area (Å²) in [5.74, 6) is -0.735. The zero-order chi connectivity index (χ0) is 24.9. The monoisotopic (exact) mass is 494 g/mol. The summed E-state index contributed by atoms with van der Waals surface area (Å²) in [6, 6.07) is 18.8. The Kier molecular flexibility index (Phi) is 7.07. The van der Waals surface area contributed by atoms with Crippen LogP contribution in [0.25, 0.3) is 5.69 Å². The van der Waals surface area contributed by atoms with E-state index in [1.165, 1.54) is 31.4 Å². The number of nitrogens with one attached hydrogen (secondary N) is 1. The number of methoxy groups -OCH3 is 1. The summed E-state index contributed by atoms with van der Waals surface area (Å²) in [4.78, 5) is 39.5. The molecule has 0 aliphatic heterocycles. The Morgan fingerprint density at radius 3 is 2.51 bits per heavy atom. The molecule has 1 heterocycles. The molecule has 0 unspecified atom stereocenters. The minimum absolute atomic E-state index is 0.0308. The molecule has 1 N–H and O–H groups in total. The Hall–Kier alpha value is -4.24. The van der Waals surface area contributed by atoms with Gasteiger partial charge in [-0.25, -0.2) is 9.18 Å². The molecule has 0 saturated heterocycles. The fourth-order valence-corrected chi connectivity index (χ4v) is 3.57. The van der Waals surface area contributed by atoms with Crippen LogP contribution in [0, 0.1) is 5.82 Å². The van der Waals surface area contributed by atoms with E-state index < -0.39 is 28.7 Å². The van der Waals surface area contributed by atoms with Gasteiger partial charge in [-0.15, -0.1) is 0 Å². The average molecular weight is 495 g/mol. The lowest BCUT2D eigenvalue weighted by Crippen LogP contribution is -2.46. The van der Waals surface area contributed by atoms with E-state index in [1.807, 2.05) is 0 Å². The van der Waals surface area contributed by atoms with Gasteiger partial charge in [0.25, 0.3) is 11.5 Å². The number of benzene rings is 3. The predicted octanol–water partition coefficient (Wildman–Crippen LogP) is 3.17. The number of ether oxygens (including phenoxy) is 1. The van der Waals surface area contributed by atoms with Crippen LogP contribution >= 0.6 is 11.6 Å². The largest absolute Gasteiger partial charge is 0.497 e. The molecule has 8 nitrogen and oxygen atoms in total. The standard InChI is InChI=1S/C25H20ClFN4O4/c1-35-20-7-4-6-19(13-20)31-25(34)30(15-17-5-2-3-8-21(17)26)24(33)22(29-31)23(32)28-14-16-9-11-18(27)12-10-16/h2-13H,14-15H2,1H3,(H,28,32). The number of amides is 1. The molecular weight excluding hydrogens is 475 g/mol. The van der Waals surface area contributed by atoms with Crippen molar-refractivity contribution in [2.24, 2.45) is 0 Å². The number of rotatable bonds is 7. The second kappa shape index (κ2) is 10.4. The molecule has 3 aromatic carbocycles. The molecule has 178 valence electrons. The van der Waals surface area contributed by atoms with Crippen molar-refractivity contribution in [3.05, 3.63) is 121 Å². The van der Waals surface area contributed by atoms with Gasteiger partial charge in [-0.3, -0.25) is 14.2 Å². The zero-order valence-electron chi connectivity index (χ0n) is 18.6. The molecular formula is C25H20ClFN4O4. The first kappa shape index (κ1) is 23.9. The van der Waals surface area contributed by atoms with Crippen molar-refractivity contribution in [1.82, 2.24) is 19.7 Å². The molecule has 0 bridgehead atoms. The highest BCUT2D eigenvalue weighted by Gasteiger charge is 2.21. The molecule has 0 radical (unpaired) electrons. The summed E-state index contributed by atoms with van der Waals surface area (Å²) in [5.41, 5.74) is -0.660. The Morgan fingerprint density at radius 1 is 1.06 bits per heavy atom. The maximum atomic E-state index is 13.3. The Bertz CT molecular complexity index is 1500. The maximum absolute atomic E-state index is 13.3. The molecule has 10 heteroatoms. The van der Waals surface area contributed by atoms with Gasteiger partial charge in [-0.2, -0.15) is 9.78 Å². The van der Waals surface area contributed by atoms with Crippen LogP contribution in [0.1, 0.15) is 21.6 Å². The van der Waals surface area contributed by atoms with Gasteiger partial charge in [-0.05, 0) is 41.5 Å². The van der Waals surface area contributed by atoms with Crippen LogP contribution in [0.3, 0.4) is 0 Å². The van der Waals surface area contributed by atoms with Crippen LogP contribution in [-0.2, 0) is 13.1 Å².